The molecule has 6 nitrogen and oxygen atoms in total. The van der Waals surface area contributed by atoms with Crippen LogP contribution < -0.4 is 0 Å². The molecule has 0 aliphatic heterocycles. The standard InChI is InChI=1S/C70H118O6/c1-4-7-10-13-16-19-21-23-25-27-29-30-31-32-33-34-35-36-37-38-39-40-42-43-45-47-49-51-54-57-60-63-69(72)75-66-67(65-74-68(71)62-59-56-53-18-15-12-9-6-3)76-70(73)64-61-58-55-52-50-48-46-44-41-28-26-24-22-20-17-14-11-8-5-2/h7,10,16-17,19-20,23-26,29-30,32-33,35-36,41,44,67H,4-6,8-9,11-15,18,21-22,27-28,31,34,37-40,42-43,45-66H2,1-3H3/b10-7-,19-16-,20-17-,25-23-,26-24-,30-29-,33-32-,36-35-,44-41-. The first-order valence-electron chi connectivity index (χ1n) is 31.9. The van der Waals surface area contributed by atoms with E-state index in [1.165, 1.54) is 135 Å². The topological polar surface area (TPSA) is 78.9 Å². The summed E-state index contributed by atoms with van der Waals surface area (Å²) in [6, 6.07) is 0. The minimum absolute atomic E-state index is 0.0821. The molecule has 76 heavy (non-hydrogen) atoms. The molecule has 0 amide bonds. The van der Waals surface area contributed by atoms with Crippen LogP contribution in [0.15, 0.2) is 109 Å². The largest absolute Gasteiger partial charge is 0.462 e. The molecule has 0 heterocycles. The van der Waals surface area contributed by atoms with E-state index in [-0.39, 0.29) is 31.1 Å². The van der Waals surface area contributed by atoms with Gasteiger partial charge in [-0.3, -0.25) is 14.4 Å². The maximum absolute atomic E-state index is 12.9. The van der Waals surface area contributed by atoms with Crippen molar-refractivity contribution in [2.45, 2.75) is 303 Å². The van der Waals surface area contributed by atoms with Crippen LogP contribution in [0.1, 0.15) is 297 Å². The van der Waals surface area contributed by atoms with Gasteiger partial charge in [0.25, 0.3) is 0 Å². The molecule has 1 unspecified atom stereocenters. The van der Waals surface area contributed by atoms with E-state index < -0.39 is 6.10 Å². The van der Waals surface area contributed by atoms with Crippen LogP contribution in [-0.4, -0.2) is 37.2 Å². The zero-order valence-electron chi connectivity index (χ0n) is 49.7. The number of carbonyl (C=O) groups is 3. The van der Waals surface area contributed by atoms with Gasteiger partial charge in [0.15, 0.2) is 6.10 Å². The van der Waals surface area contributed by atoms with Gasteiger partial charge in [-0.1, -0.05) is 278 Å². The third kappa shape index (κ3) is 60.9. The highest BCUT2D eigenvalue weighted by Crippen LogP contribution is 2.16. The Hall–Kier alpha value is -3.93. The number of ether oxygens (including phenoxy) is 3. The van der Waals surface area contributed by atoms with E-state index in [2.05, 4.69) is 130 Å². The van der Waals surface area contributed by atoms with Crippen molar-refractivity contribution in [3.8, 4) is 0 Å². The third-order valence-corrected chi connectivity index (χ3v) is 13.5. The Kier molecular flexibility index (Phi) is 60.3. The van der Waals surface area contributed by atoms with E-state index in [0.29, 0.717) is 19.3 Å². The molecule has 6 heteroatoms. The number of hydrogen-bond donors (Lipinski definition) is 0. The fraction of sp³-hybridized carbons (Fsp3) is 0.700. The van der Waals surface area contributed by atoms with Gasteiger partial charge >= 0.3 is 17.9 Å². The molecule has 0 fully saturated rings. The average Bonchev–Trinajstić information content (AvgIpc) is 3.42. The Balaban J connectivity index is 4.17. The summed E-state index contributed by atoms with van der Waals surface area (Å²) in [6.45, 7) is 6.47. The number of rotatable bonds is 57. The lowest BCUT2D eigenvalue weighted by Gasteiger charge is -2.18. The summed E-state index contributed by atoms with van der Waals surface area (Å²) in [4.78, 5) is 38.1. The molecule has 0 radical (unpaired) electrons. The maximum atomic E-state index is 12.9. The van der Waals surface area contributed by atoms with Crippen molar-refractivity contribution in [1.29, 1.82) is 0 Å². The summed E-state index contributed by atoms with van der Waals surface area (Å²) in [7, 11) is 0. The number of carbonyl (C=O) groups excluding carboxylic acids is 3. The van der Waals surface area contributed by atoms with Gasteiger partial charge in [0.2, 0.25) is 0 Å². The van der Waals surface area contributed by atoms with Crippen molar-refractivity contribution in [3.05, 3.63) is 109 Å². The Morgan fingerprint density at radius 3 is 0.829 bits per heavy atom. The minimum atomic E-state index is -0.784. The lowest BCUT2D eigenvalue weighted by atomic mass is 10.0. The van der Waals surface area contributed by atoms with Crippen LogP contribution in [0.3, 0.4) is 0 Å². The van der Waals surface area contributed by atoms with Gasteiger partial charge in [0.1, 0.15) is 13.2 Å². The van der Waals surface area contributed by atoms with E-state index in [1.807, 2.05) is 0 Å². The monoisotopic (exact) mass is 1050 g/mol. The van der Waals surface area contributed by atoms with Crippen LogP contribution >= 0.6 is 0 Å². The summed E-state index contributed by atoms with van der Waals surface area (Å²) in [5.74, 6) is -0.895. The van der Waals surface area contributed by atoms with Crippen LogP contribution in [0.5, 0.6) is 0 Å². The van der Waals surface area contributed by atoms with E-state index in [1.54, 1.807) is 0 Å². The van der Waals surface area contributed by atoms with Gasteiger partial charge in [-0.25, -0.2) is 0 Å². The summed E-state index contributed by atoms with van der Waals surface area (Å²) >= 11 is 0. The molecule has 434 valence electrons. The first-order chi connectivity index (χ1) is 37.5. The molecular formula is C70H118O6. The van der Waals surface area contributed by atoms with E-state index >= 15 is 0 Å². The Bertz CT molecular complexity index is 1540. The Morgan fingerprint density at radius 1 is 0.276 bits per heavy atom. The second-order valence-electron chi connectivity index (χ2n) is 20.9. The fourth-order valence-corrected chi connectivity index (χ4v) is 8.75. The average molecular weight is 1060 g/mol. The van der Waals surface area contributed by atoms with Crippen LogP contribution in [0.4, 0.5) is 0 Å². The molecular weight excluding hydrogens is 937 g/mol. The molecule has 0 bridgehead atoms. The van der Waals surface area contributed by atoms with Gasteiger partial charge in [-0.05, 0) is 109 Å². The third-order valence-electron chi connectivity index (χ3n) is 13.5. The van der Waals surface area contributed by atoms with E-state index in [4.69, 9.17) is 14.2 Å². The van der Waals surface area contributed by atoms with Crippen molar-refractivity contribution >= 4 is 17.9 Å². The maximum Gasteiger partial charge on any atom is 0.306 e. The molecule has 0 spiro atoms. The number of hydrogen-bond acceptors (Lipinski definition) is 6. The highest BCUT2D eigenvalue weighted by molar-refractivity contribution is 5.71. The molecule has 0 aliphatic rings. The Labute approximate surface area is 470 Å². The SMILES string of the molecule is CC/C=C\C/C=C\C/C=C\C/C=C\C/C=C\C/C=C\CCCCCCCCCCCCCCC(=O)OCC(COC(=O)CCCCCCCCCC)OC(=O)CCCCCCCC/C=C\C/C=C\C/C=C\CCCCC. The predicted molar refractivity (Wildman–Crippen MR) is 330 cm³/mol. The molecule has 0 aliphatic carbocycles. The van der Waals surface area contributed by atoms with Crippen molar-refractivity contribution in [2.75, 3.05) is 13.2 Å². The summed E-state index contributed by atoms with van der Waals surface area (Å²) in [5.41, 5.74) is 0. The first kappa shape index (κ1) is 72.1. The molecule has 0 N–H and O–H groups in total. The van der Waals surface area contributed by atoms with Crippen molar-refractivity contribution in [2.24, 2.45) is 0 Å². The van der Waals surface area contributed by atoms with Crippen LogP contribution in [0.25, 0.3) is 0 Å². The van der Waals surface area contributed by atoms with Crippen LogP contribution in [0.2, 0.25) is 0 Å². The van der Waals surface area contributed by atoms with Gasteiger partial charge < -0.3 is 14.2 Å². The fourth-order valence-electron chi connectivity index (χ4n) is 8.75. The highest BCUT2D eigenvalue weighted by Gasteiger charge is 2.19. The molecule has 1 atom stereocenters. The van der Waals surface area contributed by atoms with Gasteiger partial charge in [0, 0.05) is 19.3 Å². The van der Waals surface area contributed by atoms with E-state index in [0.717, 1.165) is 122 Å². The zero-order chi connectivity index (χ0) is 55.0. The smallest absolute Gasteiger partial charge is 0.306 e. The van der Waals surface area contributed by atoms with Gasteiger partial charge in [-0.2, -0.15) is 0 Å². The van der Waals surface area contributed by atoms with Crippen LogP contribution in [-0.2, 0) is 28.6 Å². The molecule has 0 saturated carbocycles. The second kappa shape index (κ2) is 63.6. The van der Waals surface area contributed by atoms with Crippen molar-refractivity contribution < 1.29 is 28.6 Å². The summed E-state index contributed by atoms with van der Waals surface area (Å²) < 4.78 is 16.8. The lowest BCUT2D eigenvalue weighted by Crippen LogP contribution is -2.30. The van der Waals surface area contributed by atoms with Gasteiger partial charge in [-0.15, -0.1) is 0 Å². The summed E-state index contributed by atoms with van der Waals surface area (Å²) in [5, 5.41) is 0. The lowest BCUT2D eigenvalue weighted by molar-refractivity contribution is -0.167. The minimum Gasteiger partial charge on any atom is -0.462 e. The molecule has 0 saturated heterocycles. The van der Waals surface area contributed by atoms with E-state index in [9.17, 15) is 14.4 Å². The van der Waals surface area contributed by atoms with Crippen molar-refractivity contribution in [1.82, 2.24) is 0 Å². The second-order valence-corrected chi connectivity index (χ2v) is 20.9. The number of allylic oxidation sites excluding steroid dienone is 18. The summed E-state index contributed by atoms with van der Waals surface area (Å²) in [6.07, 6.45) is 86.8. The number of unbranched alkanes of at least 4 members (excludes halogenated alkanes) is 28. The van der Waals surface area contributed by atoms with Gasteiger partial charge in [0.05, 0.1) is 0 Å². The molecule has 0 aromatic carbocycles. The van der Waals surface area contributed by atoms with Crippen LogP contribution in [0, 0.1) is 0 Å². The first-order valence-corrected chi connectivity index (χ1v) is 31.9. The predicted octanol–water partition coefficient (Wildman–Crippen LogP) is 21.8. The van der Waals surface area contributed by atoms with Crippen molar-refractivity contribution in [3.63, 3.8) is 0 Å². The Morgan fingerprint density at radius 2 is 0.513 bits per heavy atom. The zero-order valence-corrected chi connectivity index (χ0v) is 49.7. The normalized spacial score (nSPS) is 12.8. The number of esters is 3. The molecule has 0 aromatic rings. The quantitative estimate of drug-likeness (QED) is 0.0261. The molecule has 0 aromatic heterocycles. The highest BCUT2D eigenvalue weighted by atomic mass is 16.6. The molecule has 0 rings (SSSR count).